The van der Waals surface area contributed by atoms with Crippen LogP contribution in [-0.2, 0) is 0 Å². The summed E-state index contributed by atoms with van der Waals surface area (Å²) in [6, 6.07) is 1.40. The minimum atomic E-state index is 0.575. The molecule has 4 heteroatoms. The van der Waals surface area contributed by atoms with Gasteiger partial charge in [-0.05, 0) is 45.2 Å². The van der Waals surface area contributed by atoms with Crippen molar-refractivity contribution in [1.82, 2.24) is 15.2 Å². The highest BCUT2D eigenvalue weighted by Crippen LogP contribution is 2.36. The SMILES string of the molecule is CN1CCCCC(CNC2CC2)C1c1cncs1. The van der Waals surface area contributed by atoms with Gasteiger partial charge < -0.3 is 5.32 Å². The molecule has 1 saturated heterocycles. The predicted molar refractivity (Wildman–Crippen MR) is 75.9 cm³/mol. The van der Waals surface area contributed by atoms with Crippen LogP contribution in [0.1, 0.15) is 43.0 Å². The molecule has 2 heterocycles. The van der Waals surface area contributed by atoms with Gasteiger partial charge >= 0.3 is 0 Å². The summed E-state index contributed by atoms with van der Waals surface area (Å²) in [5.74, 6) is 0.749. The van der Waals surface area contributed by atoms with Crippen LogP contribution in [0.2, 0.25) is 0 Å². The van der Waals surface area contributed by atoms with Crippen molar-refractivity contribution in [3.63, 3.8) is 0 Å². The third kappa shape index (κ3) is 2.92. The molecule has 18 heavy (non-hydrogen) atoms. The summed E-state index contributed by atoms with van der Waals surface area (Å²) < 4.78 is 0. The number of likely N-dealkylation sites (tertiary alicyclic amines) is 1. The molecule has 0 aromatic carbocycles. The number of hydrogen-bond donors (Lipinski definition) is 1. The van der Waals surface area contributed by atoms with Gasteiger partial charge in [0.1, 0.15) is 0 Å². The molecule has 1 aliphatic carbocycles. The van der Waals surface area contributed by atoms with E-state index in [1.807, 2.05) is 16.8 Å². The lowest BCUT2D eigenvalue weighted by atomic mass is 9.93. The summed E-state index contributed by atoms with van der Waals surface area (Å²) in [6.45, 7) is 2.40. The molecule has 3 rings (SSSR count). The Balaban J connectivity index is 1.72. The third-order valence-electron chi connectivity index (χ3n) is 4.25. The molecule has 0 bridgehead atoms. The van der Waals surface area contributed by atoms with E-state index in [2.05, 4.69) is 28.4 Å². The number of thiazole rings is 1. The van der Waals surface area contributed by atoms with Crippen molar-refractivity contribution < 1.29 is 0 Å². The van der Waals surface area contributed by atoms with E-state index in [1.165, 1.54) is 50.1 Å². The molecular formula is C14H23N3S. The van der Waals surface area contributed by atoms with Crippen molar-refractivity contribution in [2.24, 2.45) is 5.92 Å². The zero-order chi connectivity index (χ0) is 12.4. The van der Waals surface area contributed by atoms with Gasteiger partial charge in [-0.3, -0.25) is 9.88 Å². The minimum absolute atomic E-state index is 0.575. The summed E-state index contributed by atoms with van der Waals surface area (Å²) in [6.07, 6.45) is 8.90. The molecule has 0 amide bonds. The predicted octanol–water partition coefficient (Wildman–Crippen LogP) is 2.67. The number of aromatic nitrogens is 1. The molecule has 2 aliphatic rings. The van der Waals surface area contributed by atoms with Crippen LogP contribution in [0.5, 0.6) is 0 Å². The molecular weight excluding hydrogens is 242 g/mol. The van der Waals surface area contributed by atoms with Crippen LogP contribution in [0.4, 0.5) is 0 Å². The van der Waals surface area contributed by atoms with Crippen LogP contribution in [0.25, 0.3) is 0 Å². The van der Waals surface area contributed by atoms with Crippen LogP contribution in [0.15, 0.2) is 11.7 Å². The molecule has 2 fully saturated rings. The first-order valence-corrected chi connectivity index (χ1v) is 8.04. The van der Waals surface area contributed by atoms with Crippen LogP contribution in [0.3, 0.4) is 0 Å². The number of nitrogens with zero attached hydrogens (tertiary/aromatic N) is 2. The Kier molecular flexibility index (Phi) is 3.97. The summed E-state index contributed by atoms with van der Waals surface area (Å²) in [5, 5.41) is 3.72. The highest BCUT2D eigenvalue weighted by Gasteiger charge is 2.31. The van der Waals surface area contributed by atoms with E-state index in [1.54, 1.807) is 0 Å². The van der Waals surface area contributed by atoms with Gasteiger partial charge in [0.05, 0.1) is 5.51 Å². The van der Waals surface area contributed by atoms with Gasteiger partial charge in [0.25, 0.3) is 0 Å². The Bertz CT molecular complexity index is 361. The maximum absolute atomic E-state index is 4.28. The van der Waals surface area contributed by atoms with Crippen molar-refractivity contribution in [3.05, 3.63) is 16.6 Å². The molecule has 1 N–H and O–H groups in total. The Morgan fingerprint density at radius 1 is 1.39 bits per heavy atom. The maximum Gasteiger partial charge on any atom is 0.0794 e. The average molecular weight is 265 g/mol. The second-order valence-electron chi connectivity index (χ2n) is 5.77. The molecule has 2 atom stereocenters. The van der Waals surface area contributed by atoms with Crippen molar-refractivity contribution in [3.8, 4) is 0 Å². The highest BCUT2D eigenvalue weighted by atomic mass is 32.1. The molecule has 1 aromatic rings. The monoisotopic (exact) mass is 265 g/mol. The van der Waals surface area contributed by atoms with E-state index >= 15 is 0 Å². The van der Waals surface area contributed by atoms with E-state index in [0.29, 0.717) is 6.04 Å². The summed E-state index contributed by atoms with van der Waals surface area (Å²) in [7, 11) is 2.28. The fraction of sp³-hybridized carbons (Fsp3) is 0.786. The molecule has 2 unspecified atom stereocenters. The summed E-state index contributed by atoms with van der Waals surface area (Å²) in [4.78, 5) is 8.26. The van der Waals surface area contributed by atoms with E-state index in [4.69, 9.17) is 0 Å². The molecule has 1 aliphatic heterocycles. The molecule has 0 spiro atoms. The van der Waals surface area contributed by atoms with Gasteiger partial charge in [0.2, 0.25) is 0 Å². The lowest BCUT2D eigenvalue weighted by molar-refractivity contribution is 0.192. The van der Waals surface area contributed by atoms with Gasteiger partial charge in [-0.1, -0.05) is 6.42 Å². The van der Waals surface area contributed by atoms with Gasteiger partial charge in [-0.2, -0.15) is 0 Å². The first-order valence-electron chi connectivity index (χ1n) is 7.16. The number of hydrogen-bond acceptors (Lipinski definition) is 4. The normalized spacial score (nSPS) is 30.3. The Hall–Kier alpha value is -0.450. The van der Waals surface area contributed by atoms with Crippen LogP contribution in [-0.4, -0.2) is 36.1 Å². The molecule has 100 valence electrons. The lowest BCUT2D eigenvalue weighted by Gasteiger charge is -2.31. The number of nitrogens with one attached hydrogen (secondary N) is 1. The van der Waals surface area contributed by atoms with Crippen molar-refractivity contribution in [1.29, 1.82) is 0 Å². The highest BCUT2D eigenvalue weighted by molar-refractivity contribution is 7.09. The molecule has 1 saturated carbocycles. The Morgan fingerprint density at radius 2 is 2.28 bits per heavy atom. The Morgan fingerprint density at radius 3 is 3.00 bits per heavy atom. The fourth-order valence-corrected chi connectivity index (χ4v) is 3.94. The first-order chi connectivity index (χ1) is 8.84. The maximum atomic E-state index is 4.28. The molecule has 3 nitrogen and oxygen atoms in total. The van der Waals surface area contributed by atoms with Crippen molar-refractivity contribution >= 4 is 11.3 Å². The van der Waals surface area contributed by atoms with Crippen LogP contribution < -0.4 is 5.32 Å². The largest absolute Gasteiger partial charge is 0.314 e. The number of rotatable bonds is 4. The second-order valence-corrected chi connectivity index (χ2v) is 6.69. The standard InChI is InChI=1S/C14H23N3S/c1-17-7-3-2-4-11(8-16-12-5-6-12)14(17)13-9-15-10-18-13/h9-12,14,16H,2-8H2,1H3. The van der Waals surface area contributed by atoms with Crippen LogP contribution in [0, 0.1) is 5.92 Å². The third-order valence-corrected chi connectivity index (χ3v) is 5.09. The zero-order valence-electron chi connectivity index (χ0n) is 11.1. The van der Waals surface area contributed by atoms with E-state index < -0.39 is 0 Å². The average Bonchev–Trinajstić information content (AvgIpc) is 3.09. The quantitative estimate of drug-likeness (QED) is 0.907. The smallest absolute Gasteiger partial charge is 0.0794 e. The lowest BCUT2D eigenvalue weighted by Crippen LogP contribution is -2.35. The summed E-state index contributed by atoms with van der Waals surface area (Å²) in [5.41, 5.74) is 1.97. The van der Waals surface area contributed by atoms with Crippen molar-refractivity contribution in [2.75, 3.05) is 20.1 Å². The topological polar surface area (TPSA) is 28.2 Å². The van der Waals surface area contributed by atoms with Gasteiger partial charge in [-0.15, -0.1) is 11.3 Å². The van der Waals surface area contributed by atoms with E-state index in [9.17, 15) is 0 Å². The second kappa shape index (κ2) is 5.68. The zero-order valence-corrected chi connectivity index (χ0v) is 12.0. The van der Waals surface area contributed by atoms with E-state index in [-0.39, 0.29) is 0 Å². The van der Waals surface area contributed by atoms with Crippen molar-refractivity contribution in [2.45, 2.75) is 44.2 Å². The molecule has 1 aromatic heterocycles. The fourth-order valence-electron chi connectivity index (χ4n) is 3.06. The minimum Gasteiger partial charge on any atom is -0.314 e. The van der Waals surface area contributed by atoms with Gasteiger partial charge in [-0.25, -0.2) is 0 Å². The van der Waals surface area contributed by atoms with E-state index in [0.717, 1.165) is 12.0 Å². The Labute approximate surface area is 114 Å². The first kappa shape index (κ1) is 12.6. The van der Waals surface area contributed by atoms with Crippen LogP contribution >= 0.6 is 11.3 Å². The molecule has 0 radical (unpaired) electrons. The summed E-state index contributed by atoms with van der Waals surface area (Å²) >= 11 is 1.82. The van der Waals surface area contributed by atoms with Gasteiger partial charge in [0.15, 0.2) is 0 Å². The van der Waals surface area contributed by atoms with Gasteiger partial charge in [0, 0.05) is 29.7 Å².